The van der Waals surface area contributed by atoms with E-state index in [2.05, 4.69) is 0 Å². The van der Waals surface area contributed by atoms with Gasteiger partial charge in [0, 0.05) is 51.2 Å². The SMILES string of the molecule is CC[C@H]1OC(=O)C[C@@H](O)[C@H](C)[C@@H](O[C@@H]2O[C@H](C)[C@@H](O[C@H]3CC(C)(O)[C@@H](O)[C@@H](C)O3)C(N(C)C)C2O)[C@@H](CC=O)C[C@@H](C)C(=O)/C=C/C(C)=C/[C@@H]1CO[C@@H]1OC(C)(CO)C[C@H](OC)C1OC. The van der Waals surface area contributed by atoms with Crippen LogP contribution < -0.4 is 0 Å². The molecule has 18 heteroatoms. The third-order valence-electron chi connectivity index (χ3n) is 13.7. The predicted octanol–water partition coefficient (Wildman–Crippen LogP) is 2.23. The highest BCUT2D eigenvalue weighted by molar-refractivity contribution is 5.91. The van der Waals surface area contributed by atoms with Crippen molar-refractivity contribution in [3.05, 3.63) is 23.8 Å². The smallest absolute Gasteiger partial charge is 0.308 e. The highest BCUT2D eigenvalue weighted by Gasteiger charge is 2.52. The zero-order valence-electron chi connectivity index (χ0n) is 40.4. The number of aliphatic hydroxyl groups is 5. The van der Waals surface area contributed by atoms with Gasteiger partial charge in [0.2, 0.25) is 0 Å². The van der Waals surface area contributed by atoms with E-state index in [0.29, 0.717) is 18.4 Å². The quantitative estimate of drug-likeness (QED) is 0.124. The lowest BCUT2D eigenvalue weighted by molar-refractivity contribution is -0.341. The number of cyclic esters (lactones) is 1. The molecule has 65 heavy (non-hydrogen) atoms. The van der Waals surface area contributed by atoms with Crippen LogP contribution in [0.15, 0.2) is 23.8 Å². The number of methoxy groups -OCH3 is 2. The second-order valence-corrected chi connectivity index (χ2v) is 19.4. The molecule has 0 aliphatic carbocycles. The molecule has 0 bridgehead atoms. The number of esters is 1. The van der Waals surface area contributed by atoms with Gasteiger partial charge in [0.15, 0.2) is 24.7 Å². The summed E-state index contributed by atoms with van der Waals surface area (Å²) in [6, 6.07) is -0.749. The predicted molar refractivity (Wildman–Crippen MR) is 235 cm³/mol. The Morgan fingerprint density at radius 2 is 1.62 bits per heavy atom. The van der Waals surface area contributed by atoms with Crippen molar-refractivity contribution in [3.63, 3.8) is 0 Å². The Hall–Kier alpha value is -2.27. The van der Waals surface area contributed by atoms with Crippen LogP contribution in [0.3, 0.4) is 0 Å². The van der Waals surface area contributed by atoms with Crippen molar-refractivity contribution < 1.29 is 82.5 Å². The molecule has 20 atom stereocenters. The molecule has 5 unspecified atom stereocenters. The van der Waals surface area contributed by atoms with Crippen LogP contribution in [0.25, 0.3) is 0 Å². The molecule has 0 radical (unpaired) electrons. The summed E-state index contributed by atoms with van der Waals surface area (Å²) < 4.78 is 55.3. The van der Waals surface area contributed by atoms with Gasteiger partial charge in [0.05, 0.1) is 67.4 Å². The highest BCUT2D eigenvalue weighted by atomic mass is 16.7. The first kappa shape index (κ1) is 55.3. The zero-order valence-corrected chi connectivity index (χ0v) is 40.4. The molecule has 374 valence electrons. The number of likely N-dealkylation sites (N-methyl/N-ethyl adjacent to an activating group) is 1. The second-order valence-electron chi connectivity index (χ2n) is 19.4. The maximum absolute atomic E-state index is 13.8. The molecule has 0 aromatic carbocycles. The first-order valence-electron chi connectivity index (χ1n) is 23.1. The molecule has 0 aromatic heterocycles. The number of ketones is 1. The van der Waals surface area contributed by atoms with E-state index >= 15 is 0 Å². The summed E-state index contributed by atoms with van der Waals surface area (Å²) in [6.45, 7) is 13.4. The van der Waals surface area contributed by atoms with Gasteiger partial charge in [-0.15, -0.1) is 0 Å². The molecule has 3 saturated heterocycles. The van der Waals surface area contributed by atoms with Crippen LogP contribution in [0.1, 0.15) is 93.9 Å². The monoisotopic (exact) mass is 930 g/mol. The summed E-state index contributed by atoms with van der Waals surface area (Å²) >= 11 is 0. The van der Waals surface area contributed by atoms with Gasteiger partial charge in [0.1, 0.15) is 36.8 Å². The number of allylic oxidation sites excluding steroid dienone is 3. The molecule has 0 spiro atoms. The van der Waals surface area contributed by atoms with Crippen molar-refractivity contribution >= 4 is 18.0 Å². The molecule has 4 rings (SSSR count). The third kappa shape index (κ3) is 14.2. The lowest BCUT2D eigenvalue weighted by atomic mass is 9.79. The van der Waals surface area contributed by atoms with Crippen molar-refractivity contribution in [1.29, 1.82) is 0 Å². The fourth-order valence-corrected chi connectivity index (χ4v) is 9.69. The van der Waals surface area contributed by atoms with Crippen LogP contribution in [0, 0.1) is 23.7 Å². The van der Waals surface area contributed by atoms with Gasteiger partial charge >= 0.3 is 5.97 Å². The molecule has 4 aliphatic rings. The summed E-state index contributed by atoms with van der Waals surface area (Å²) in [4.78, 5) is 41.6. The van der Waals surface area contributed by atoms with Crippen LogP contribution in [0.4, 0.5) is 0 Å². The largest absolute Gasteiger partial charge is 0.462 e. The lowest BCUT2D eigenvalue weighted by Gasteiger charge is -2.50. The summed E-state index contributed by atoms with van der Waals surface area (Å²) in [5, 5.41) is 55.3. The summed E-state index contributed by atoms with van der Waals surface area (Å²) in [7, 11) is 6.58. The molecule has 0 amide bonds. The molecular formula is C47H79NO17. The van der Waals surface area contributed by atoms with Gasteiger partial charge in [-0.25, -0.2) is 0 Å². The molecule has 3 fully saturated rings. The molecule has 4 aliphatic heterocycles. The number of rotatable bonds is 14. The highest BCUT2D eigenvalue weighted by Crippen LogP contribution is 2.38. The van der Waals surface area contributed by atoms with Gasteiger partial charge in [-0.1, -0.05) is 38.5 Å². The topological polar surface area (TPSA) is 239 Å². The minimum atomic E-state index is -1.49. The minimum Gasteiger partial charge on any atom is -0.462 e. The van der Waals surface area contributed by atoms with Crippen LogP contribution in [-0.4, -0.2) is 187 Å². The molecule has 4 heterocycles. The Balaban J connectivity index is 1.62. The first-order valence-corrected chi connectivity index (χ1v) is 23.1. The van der Waals surface area contributed by atoms with E-state index in [9.17, 15) is 39.9 Å². The molecule has 5 N–H and O–H groups in total. The maximum Gasteiger partial charge on any atom is 0.308 e. The normalized spacial score (nSPS) is 45.4. The average molecular weight is 930 g/mol. The van der Waals surface area contributed by atoms with Gasteiger partial charge < -0.3 is 77.9 Å². The molecule has 0 aromatic rings. The second kappa shape index (κ2) is 24.3. The number of carbonyl (C=O) groups excluding carboxylic acids is 3. The number of hydrogen-bond donors (Lipinski definition) is 5. The average Bonchev–Trinajstić information content (AvgIpc) is 3.24. The van der Waals surface area contributed by atoms with E-state index in [-0.39, 0.29) is 38.3 Å². The van der Waals surface area contributed by atoms with E-state index in [0.717, 1.165) is 6.29 Å². The third-order valence-corrected chi connectivity index (χ3v) is 13.7. The van der Waals surface area contributed by atoms with Crippen molar-refractivity contribution in [3.8, 4) is 0 Å². The fraction of sp³-hybridized carbons (Fsp3) is 0.851. The summed E-state index contributed by atoms with van der Waals surface area (Å²) in [5.74, 6) is -3.60. The number of aliphatic hydroxyl groups excluding tert-OH is 4. The number of aldehydes is 1. The van der Waals surface area contributed by atoms with Crippen molar-refractivity contribution in [1.82, 2.24) is 4.90 Å². The van der Waals surface area contributed by atoms with Crippen LogP contribution in [0.2, 0.25) is 0 Å². The van der Waals surface area contributed by atoms with E-state index in [1.54, 1.807) is 66.8 Å². The number of carbonyl (C=O) groups is 3. The van der Waals surface area contributed by atoms with Crippen molar-refractivity contribution in [2.45, 2.75) is 191 Å². The zero-order chi connectivity index (χ0) is 48.6. The standard InChI is InChI=1S/C47H79NO17/c1-13-34-31(23-59-45-42(58-12)35(57-11)21-46(7,24-50)65-45)18-25(2)14-15-32(51)26(3)19-30(16-17-49)40(27(4)33(52)20-36(53)62-34)64-44-39(54)38(48(9)10)41(28(5)61-44)63-37-22-47(8,56)43(55)29(6)60-37/h14-15,17-18,26-31,33-35,37-45,50,52,54-56H,13,16,19-24H2,1-12H3/b15-14+,25-18+/t26-,27+,28-,29-,30+,31-,33-,34-,35+,37+,38?,39?,40-,41-,42?,43+,44+,45-,46?,47?/m1/s1. The van der Waals surface area contributed by atoms with E-state index in [1.807, 2.05) is 19.9 Å². The number of hydrogen-bond acceptors (Lipinski definition) is 18. The van der Waals surface area contributed by atoms with Gasteiger partial charge in [-0.05, 0) is 73.5 Å². The summed E-state index contributed by atoms with van der Waals surface area (Å²) in [6.07, 6.45) is -6.11. The Morgan fingerprint density at radius 1 is 0.923 bits per heavy atom. The van der Waals surface area contributed by atoms with E-state index in [4.69, 9.17) is 42.6 Å². The fourth-order valence-electron chi connectivity index (χ4n) is 9.69. The Bertz CT molecular complexity index is 1590. The molecule has 18 nitrogen and oxygen atoms in total. The van der Waals surface area contributed by atoms with Crippen LogP contribution in [-0.2, 0) is 57.0 Å². The maximum atomic E-state index is 13.8. The van der Waals surface area contributed by atoms with E-state index in [1.165, 1.54) is 20.1 Å². The Labute approximate surface area is 384 Å². The lowest BCUT2D eigenvalue weighted by Crippen LogP contribution is -2.65. The number of nitrogens with zero attached hydrogens (tertiary/aromatic N) is 1. The number of ether oxygens (including phenoxy) is 9. The van der Waals surface area contributed by atoms with Crippen LogP contribution in [0.5, 0.6) is 0 Å². The van der Waals surface area contributed by atoms with E-state index < -0.39 is 133 Å². The van der Waals surface area contributed by atoms with Crippen molar-refractivity contribution in [2.24, 2.45) is 23.7 Å². The first-order chi connectivity index (χ1) is 30.5. The minimum absolute atomic E-state index is 0.00917. The Morgan fingerprint density at radius 3 is 2.20 bits per heavy atom. The Kier molecular flexibility index (Phi) is 20.7. The van der Waals surface area contributed by atoms with Gasteiger partial charge in [-0.2, -0.15) is 0 Å². The molecule has 0 saturated carbocycles. The van der Waals surface area contributed by atoms with Crippen molar-refractivity contribution in [2.75, 3.05) is 41.5 Å². The van der Waals surface area contributed by atoms with Gasteiger partial charge in [0.25, 0.3) is 0 Å². The summed E-state index contributed by atoms with van der Waals surface area (Å²) in [5.41, 5.74) is -1.77. The van der Waals surface area contributed by atoms with Gasteiger partial charge in [-0.3, -0.25) is 9.59 Å². The molecular weight excluding hydrogens is 851 g/mol. The van der Waals surface area contributed by atoms with Crippen LogP contribution >= 0.6 is 0 Å².